The highest BCUT2D eigenvalue weighted by Crippen LogP contribution is 2.77. The monoisotopic (exact) mass is 1290 g/mol. The van der Waals surface area contributed by atoms with E-state index in [9.17, 15) is 35.4 Å². The first-order valence-corrected chi connectivity index (χ1v) is 36.5. The van der Waals surface area contributed by atoms with Crippen LogP contribution in [0.4, 0.5) is 0 Å². The van der Waals surface area contributed by atoms with E-state index in [2.05, 4.69) is 35.4 Å². The number of rotatable bonds is 6. The highest BCUT2D eigenvalue weighted by molar-refractivity contribution is 6.17. The number of ether oxygens (including phenoxy) is 5. The Balaban J connectivity index is 0.837. The molecule has 5 heterocycles. The maximum absolute atomic E-state index is 15.8. The zero-order valence-corrected chi connectivity index (χ0v) is 54.8. The first kappa shape index (κ1) is 60.0. The number of Topliss-reactive ketones (excluding diaryl/α,β-unsaturated/α-hetero) is 1. The molecule has 4 spiro atoms. The first-order valence-electron chi connectivity index (χ1n) is 36.5. The number of phenols is 1. The fourth-order valence-corrected chi connectivity index (χ4v) is 24.8. The quantitative estimate of drug-likeness (QED) is 0.0788. The maximum atomic E-state index is 15.8. The first-order chi connectivity index (χ1) is 46.1. The summed E-state index contributed by atoms with van der Waals surface area (Å²) in [4.78, 5) is 35.7. The van der Waals surface area contributed by atoms with Crippen LogP contribution in [0.2, 0.25) is 0 Å². The van der Waals surface area contributed by atoms with Crippen molar-refractivity contribution in [3.05, 3.63) is 109 Å². The zero-order chi connectivity index (χ0) is 64.3. The number of methoxy groups -OCH3 is 1. The molecule has 4 aliphatic heterocycles. The third-order valence-corrected chi connectivity index (χ3v) is 28.4. The van der Waals surface area contributed by atoms with Gasteiger partial charge in [0.1, 0.15) is 41.7 Å². The number of aromatic amines is 1. The molecular formula is C80H90N2O13. The van der Waals surface area contributed by atoms with E-state index in [0.717, 1.165) is 133 Å². The van der Waals surface area contributed by atoms with Crippen molar-refractivity contribution in [2.45, 2.75) is 227 Å². The number of carbonyl (C=O) groups is 2. The van der Waals surface area contributed by atoms with Crippen molar-refractivity contribution >= 4 is 45.0 Å². The average Bonchev–Trinajstić information content (AvgIpc) is 1.57. The summed E-state index contributed by atoms with van der Waals surface area (Å²) in [6, 6.07) is 7.87. The highest BCUT2D eigenvalue weighted by atomic mass is 16.7. The molecule has 0 radical (unpaired) electrons. The molecule has 95 heavy (non-hydrogen) atoms. The van der Waals surface area contributed by atoms with Crippen LogP contribution in [-0.2, 0) is 51.9 Å². The molecule has 7 fully saturated rings. The number of phenolic OH excluding ortho intramolecular Hbond substituents is 1. The van der Waals surface area contributed by atoms with E-state index in [0.29, 0.717) is 52.9 Å². The van der Waals surface area contributed by atoms with E-state index in [-0.39, 0.29) is 94.6 Å². The Kier molecular flexibility index (Phi) is 13.5. The summed E-state index contributed by atoms with van der Waals surface area (Å²) in [7, 11) is 1.64. The molecular weight excluding hydrogens is 1200 g/mol. The molecule has 15 atom stereocenters. The zero-order valence-electron chi connectivity index (χ0n) is 54.8. The minimum Gasteiger partial charge on any atom is -0.506 e. The molecule has 15 nitrogen and oxygen atoms in total. The van der Waals surface area contributed by atoms with Crippen LogP contribution in [0.15, 0.2) is 42.6 Å². The molecule has 5 aromatic rings. The van der Waals surface area contributed by atoms with Gasteiger partial charge in [-0.15, -0.1) is 0 Å². The van der Waals surface area contributed by atoms with Crippen molar-refractivity contribution in [2.75, 3.05) is 33.5 Å². The number of H-pyrrole nitrogens is 1. The van der Waals surface area contributed by atoms with Gasteiger partial charge >= 0.3 is 0 Å². The lowest BCUT2D eigenvalue weighted by Gasteiger charge is -2.53. The van der Waals surface area contributed by atoms with E-state index in [1.807, 2.05) is 18.2 Å². The van der Waals surface area contributed by atoms with Crippen molar-refractivity contribution in [1.29, 1.82) is 0 Å². The van der Waals surface area contributed by atoms with Gasteiger partial charge in [-0.2, -0.15) is 0 Å². The number of aromatic nitrogens is 1. The smallest absolute Gasteiger partial charge is 0.254 e. The number of ketones is 1. The molecule has 15 unspecified atom stereocenters. The summed E-state index contributed by atoms with van der Waals surface area (Å²) >= 11 is 0. The lowest BCUT2D eigenvalue weighted by Crippen LogP contribution is -2.70. The van der Waals surface area contributed by atoms with E-state index in [1.54, 1.807) is 24.1 Å². The van der Waals surface area contributed by atoms with Crippen LogP contribution in [0.25, 0.3) is 33.3 Å². The molecule has 498 valence electrons. The predicted molar refractivity (Wildman–Crippen MR) is 356 cm³/mol. The van der Waals surface area contributed by atoms with Gasteiger partial charge in [-0.25, -0.2) is 0 Å². The van der Waals surface area contributed by atoms with Gasteiger partial charge in [0.15, 0.2) is 17.5 Å². The number of benzene rings is 4. The number of aryl methyl sites for hydroxylation is 2. The maximum Gasteiger partial charge on any atom is 0.254 e. The van der Waals surface area contributed by atoms with Gasteiger partial charge in [0.2, 0.25) is 6.29 Å². The third-order valence-electron chi connectivity index (χ3n) is 28.4. The molecule has 10 aliphatic carbocycles. The number of nitrogens with zero attached hydrogens (tertiary/aromatic N) is 1. The van der Waals surface area contributed by atoms with Crippen LogP contribution in [0.3, 0.4) is 0 Å². The molecule has 6 saturated carbocycles. The molecule has 1 amide bonds. The Morgan fingerprint density at radius 3 is 2.58 bits per heavy atom. The molecule has 1 saturated heterocycles. The van der Waals surface area contributed by atoms with Gasteiger partial charge in [0.25, 0.3) is 5.91 Å². The number of amides is 1. The van der Waals surface area contributed by atoms with Crippen molar-refractivity contribution < 1.29 is 63.9 Å². The van der Waals surface area contributed by atoms with Crippen LogP contribution >= 0.6 is 0 Å². The Morgan fingerprint density at radius 1 is 0.853 bits per heavy atom. The molecule has 7 N–H and O–H groups in total. The van der Waals surface area contributed by atoms with E-state index >= 15 is 4.79 Å². The Morgan fingerprint density at radius 2 is 1.73 bits per heavy atom. The van der Waals surface area contributed by atoms with Crippen molar-refractivity contribution in [3.63, 3.8) is 0 Å². The number of hydrogen-bond donors (Lipinski definition) is 7. The number of aliphatic hydroxyl groups is 5. The number of nitrogens with one attached hydrogen (secondary N) is 1. The second-order valence-corrected chi connectivity index (χ2v) is 32.8. The lowest BCUT2D eigenvalue weighted by molar-refractivity contribution is -0.328. The van der Waals surface area contributed by atoms with Crippen molar-refractivity contribution in [3.8, 4) is 29.3 Å². The highest BCUT2D eigenvalue weighted by Gasteiger charge is 2.69. The standard InChI is InChI=1S/C80H90N2O13/c1-91-70-52-17-16-46-29-45-11-5-14-50(45)63-61(46)64(52)66-69(87)65(63)58(85)37-82-36-56-44(10-4-15-51(56)73(82)88)12-8-28-92-72-68(86)60-38-93-59(19-18-53(70)71(66)95-74(94-60)80(72,90)42-84)55-35-81-57-30-47-21-26-78-41-79(89)24-6-13-48(79)31-49(78)33-77(34-54(62(55)57)67(47)78)40-75(39-76(77)22-2-3-23-76)25-20-43(32-75)9-7-27-83/h4,10,15,18-19,29-30,35,43,45,48-50,59-60,68,72,74,81,83-84,86-87,89-90H,2-3,5-7,9,11-14,16-17,20-27,31-34,36-42H2,1H3. The van der Waals surface area contributed by atoms with Gasteiger partial charge in [-0.05, 0) is 243 Å². The molecule has 14 aliphatic rings. The van der Waals surface area contributed by atoms with Gasteiger partial charge in [-0.3, -0.25) is 9.59 Å². The van der Waals surface area contributed by atoms with E-state index in [1.165, 1.54) is 80.9 Å². The number of aromatic hydroxyl groups is 1. The molecule has 15 heteroatoms. The molecule has 19 rings (SSSR count). The summed E-state index contributed by atoms with van der Waals surface area (Å²) in [5, 5.41) is 76.5. The van der Waals surface area contributed by atoms with Crippen LogP contribution in [0.1, 0.15) is 230 Å². The van der Waals surface area contributed by atoms with Gasteiger partial charge in [-0.1, -0.05) is 55.9 Å². The van der Waals surface area contributed by atoms with Crippen LogP contribution in [0, 0.1) is 51.9 Å². The Bertz CT molecular complexity index is 4260. The summed E-state index contributed by atoms with van der Waals surface area (Å²) in [6.07, 6.45) is 30.3. The molecule has 8 bridgehead atoms. The van der Waals surface area contributed by atoms with Crippen LogP contribution in [0.5, 0.6) is 17.2 Å². The summed E-state index contributed by atoms with van der Waals surface area (Å²) in [5.74, 6) is 4.07. The summed E-state index contributed by atoms with van der Waals surface area (Å²) < 4.78 is 34.6. The fourth-order valence-electron chi connectivity index (χ4n) is 24.8. The number of fused-ring (bicyclic) bond motifs is 11. The lowest BCUT2D eigenvalue weighted by atomic mass is 9.52. The van der Waals surface area contributed by atoms with Crippen molar-refractivity contribution in [2.24, 2.45) is 39.9 Å². The second-order valence-electron chi connectivity index (χ2n) is 32.8. The number of carbonyl (C=O) groups excluding carboxylic acids is 2. The van der Waals surface area contributed by atoms with Gasteiger partial charge in [0.05, 0.1) is 49.0 Å². The number of hydrogen-bond acceptors (Lipinski definition) is 13. The van der Waals surface area contributed by atoms with Gasteiger partial charge < -0.3 is 64.2 Å². The van der Waals surface area contributed by atoms with Gasteiger partial charge in [0, 0.05) is 64.2 Å². The van der Waals surface area contributed by atoms with Crippen molar-refractivity contribution in [1.82, 2.24) is 9.88 Å². The number of allylic oxidation sites excluding steroid dienone is 2. The number of aliphatic hydroxyl groups excluding tert-OH is 3. The molecule has 1 aromatic heterocycles. The van der Waals surface area contributed by atoms with Crippen LogP contribution < -0.4 is 9.47 Å². The summed E-state index contributed by atoms with van der Waals surface area (Å²) in [5.41, 5.74) is 9.41. The normalized spacial score (nSPS) is 37.3. The Hall–Kier alpha value is -6.22. The fraction of sp³-hybridized carbons (Fsp3) is 0.600. The largest absolute Gasteiger partial charge is 0.506 e. The topological polar surface area (TPSA) is 221 Å². The average molecular weight is 1290 g/mol. The van der Waals surface area contributed by atoms with Crippen LogP contribution in [-0.4, -0.2) is 121 Å². The van der Waals surface area contributed by atoms with E-state index < -0.39 is 54.3 Å². The van der Waals surface area contributed by atoms with E-state index in [4.69, 9.17) is 23.7 Å². The minimum atomic E-state index is -2.49. The SMILES string of the molecule is COc1c2c3c4c(O)c(c5c6c4c1CCC6=CC1CCCC51)C(=O)CN1Cc4c(cccc4C1=O)CC#COC1C(O)C(COC(c4c[nH]c5cc6c7c(c45)CC4(CC5CC8CCCC8(O)CC75CC6)CC5(CCC(CCCO)C5)CC45CCCC5)C=C2)OC(O3)C1(O)CO. The molecule has 4 aromatic carbocycles. The Labute approximate surface area is 555 Å². The third kappa shape index (κ3) is 8.37. The predicted octanol–water partition coefficient (Wildman–Crippen LogP) is 11.9. The summed E-state index contributed by atoms with van der Waals surface area (Å²) in [6.45, 7) is -1.11. The minimum absolute atomic E-state index is 0.0273. The second kappa shape index (κ2) is 21.4.